The summed E-state index contributed by atoms with van der Waals surface area (Å²) in [5.74, 6) is -2.31. The lowest BCUT2D eigenvalue weighted by molar-refractivity contribution is -0.143. The maximum atomic E-state index is 13.0. The van der Waals surface area contributed by atoms with Crippen molar-refractivity contribution in [2.24, 2.45) is 5.41 Å². The Kier molecular flexibility index (Phi) is 7.76. The van der Waals surface area contributed by atoms with Crippen molar-refractivity contribution in [3.05, 3.63) is 52.5 Å². The molecule has 2 aromatic carbocycles. The molecule has 0 aliphatic heterocycles. The normalized spacial score (nSPS) is 12.5. The van der Waals surface area contributed by atoms with Gasteiger partial charge in [-0.15, -0.1) is 0 Å². The first kappa shape index (κ1) is 26.1. The third kappa shape index (κ3) is 6.69. The van der Waals surface area contributed by atoms with Gasteiger partial charge < -0.3 is 15.2 Å². The molecule has 0 heterocycles. The monoisotopic (exact) mass is 496 g/mol. The van der Waals surface area contributed by atoms with Crippen LogP contribution in [-0.4, -0.2) is 37.4 Å². The van der Waals surface area contributed by atoms with Crippen LogP contribution in [0.15, 0.2) is 41.3 Å². The largest absolute Gasteiger partial charge is 0.480 e. The highest BCUT2D eigenvalue weighted by molar-refractivity contribution is 7.92. The fourth-order valence-electron chi connectivity index (χ4n) is 2.49. The minimum absolute atomic E-state index is 0.0876. The molecule has 0 spiro atoms. The number of sulfonamides is 1. The highest BCUT2D eigenvalue weighted by Gasteiger charge is 2.26. The minimum Gasteiger partial charge on any atom is -0.480 e. The Hall–Kier alpha value is -3.11. The first-order chi connectivity index (χ1) is 15.1. The average molecular weight is 497 g/mol. The number of amides is 1. The van der Waals surface area contributed by atoms with Crippen LogP contribution in [0.1, 0.15) is 43.6 Å². The summed E-state index contributed by atoms with van der Waals surface area (Å²) in [6, 6.07) is 6.68. The molecule has 0 saturated carbocycles. The maximum Gasteiger partial charge on any atom is 0.325 e. The zero-order valence-corrected chi connectivity index (χ0v) is 20.3. The molecule has 33 heavy (non-hydrogen) atoms. The Morgan fingerprint density at radius 1 is 1.09 bits per heavy atom. The first-order valence-corrected chi connectivity index (χ1v) is 11.7. The SMILES string of the molecule is Cc1cc(S(=O)(=O)Nc2ccc(Cl)cc2C(=O)N[C@@H](C)C(=O)O)ccc1OC(=O)C(C)(C)C. The fraction of sp³-hybridized carbons (Fsp3) is 0.318. The van der Waals surface area contributed by atoms with Gasteiger partial charge in [0.05, 0.1) is 21.6 Å². The molecule has 0 aliphatic rings. The van der Waals surface area contributed by atoms with E-state index in [1.54, 1.807) is 27.7 Å². The van der Waals surface area contributed by atoms with E-state index in [1.807, 2.05) is 0 Å². The molecule has 0 radical (unpaired) electrons. The number of carbonyl (C=O) groups is 3. The van der Waals surface area contributed by atoms with Crippen LogP contribution in [0.5, 0.6) is 5.75 Å². The number of hydrogen-bond donors (Lipinski definition) is 3. The van der Waals surface area contributed by atoms with Gasteiger partial charge in [0.25, 0.3) is 15.9 Å². The molecule has 0 saturated heterocycles. The third-order valence-corrected chi connectivity index (χ3v) is 6.06. The summed E-state index contributed by atoms with van der Waals surface area (Å²) in [6.07, 6.45) is 0. The number of halogens is 1. The predicted octanol–water partition coefficient (Wildman–Crippen LogP) is 3.60. The summed E-state index contributed by atoms with van der Waals surface area (Å²) < 4.78 is 33.6. The number of carboxylic acids is 1. The number of aryl methyl sites for hydroxylation is 1. The van der Waals surface area contributed by atoms with Crippen molar-refractivity contribution in [3.8, 4) is 5.75 Å². The molecule has 178 valence electrons. The van der Waals surface area contributed by atoms with Crippen molar-refractivity contribution in [1.29, 1.82) is 0 Å². The van der Waals surface area contributed by atoms with Crippen molar-refractivity contribution in [2.75, 3.05) is 4.72 Å². The van der Waals surface area contributed by atoms with Crippen LogP contribution in [0.3, 0.4) is 0 Å². The second-order valence-electron chi connectivity index (χ2n) is 8.40. The van der Waals surface area contributed by atoms with Crippen LogP contribution in [0.4, 0.5) is 5.69 Å². The van der Waals surface area contributed by atoms with Crippen LogP contribution in [0.25, 0.3) is 0 Å². The van der Waals surface area contributed by atoms with E-state index in [1.165, 1.54) is 43.3 Å². The number of carbonyl (C=O) groups excluding carboxylic acids is 2. The zero-order valence-electron chi connectivity index (χ0n) is 18.7. The molecule has 2 rings (SSSR count). The van der Waals surface area contributed by atoms with E-state index < -0.39 is 39.3 Å². The van der Waals surface area contributed by atoms with Gasteiger partial charge in [0.2, 0.25) is 0 Å². The lowest BCUT2D eigenvalue weighted by Gasteiger charge is -2.18. The Labute approximate surface area is 197 Å². The van der Waals surface area contributed by atoms with E-state index >= 15 is 0 Å². The Balaban J connectivity index is 2.34. The molecular weight excluding hydrogens is 472 g/mol. The molecule has 1 amide bonds. The topological polar surface area (TPSA) is 139 Å². The van der Waals surface area contributed by atoms with Gasteiger partial charge in [0.1, 0.15) is 11.8 Å². The Bertz CT molecular complexity index is 1200. The Morgan fingerprint density at radius 2 is 1.73 bits per heavy atom. The maximum absolute atomic E-state index is 13.0. The number of nitrogens with one attached hydrogen (secondary N) is 2. The fourth-order valence-corrected chi connectivity index (χ4v) is 3.83. The predicted molar refractivity (Wildman–Crippen MR) is 123 cm³/mol. The van der Waals surface area contributed by atoms with Crippen LogP contribution < -0.4 is 14.8 Å². The van der Waals surface area contributed by atoms with Gasteiger partial charge in [-0.3, -0.25) is 19.1 Å². The molecule has 0 bridgehead atoms. The van der Waals surface area contributed by atoms with Crippen LogP contribution in [0.2, 0.25) is 5.02 Å². The summed E-state index contributed by atoms with van der Waals surface area (Å²) in [7, 11) is -4.15. The van der Waals surface area contributed by atoms with Crippen molar-refractivity contribution in [2.45, 2.75) is 45.6 Å². The number of aliphatic carboxylic acids is 1. The second kappa shape index (κ2) is 9.80. The second-order valence-corrected chi connectivity index (χ2v) is 10.5. The molecule has 0 aliphatic carbocycles. The molecule has 3 N–H and O–H groups in total. The van der Waals surface area contributed by atoms with Crippen LogP contribution in [-0.2, 0) is 19.6 Å². The van der Waals surface area contributed by atoms with E-state index in [0.717, 1.165) is 0 Å². The first-order valence-electron chi connectivity index (χ1n) is 9.81. The van der Waals surface area contributed by atoms with Gasteiger partial charge in [-0.25, -0.2) is 8.42 Å². The number of rotatable bonds is 7. The number of hydrogen-bond acceptors (Lipinski definition) is 6. The summed E-state index contributed by atoms with van der Waals surface area (Å²) in [5.41, 5.74) is -0.551. The lowest BCUT2D eigenvalue weighted by atomic mass is 9.97. The quantitative estimate of drug-likeness (QED) is 0.393. The minimum atomic E-state index is -4.15. The zero-order chi connectivity index (χ0) is 25.1. The van der Waals surface area contributed by atoms with Gasteiger partial charge in [-0.1, -0.05) is 11.6 Å². The van der Waals surface area contributed by atoms with Crippen molar-refractivity contribution in [1.82, 2.24) is 5.32 Å². The van der Waals surface area contributed by atoms with Gasteiger partial charge in [0.15, 0.2) is 0 Å². The molecular formula is C22H25ClN2O7S. The van der Waals surface area contributed by atoms with Gasteiger partial charge in [-0.2, -0.15) is 0 Å². The van der Waals surface area contributed by atoms with E-state index in [2.05, 4.69) is 10.0 Å². The highest BCUT2D eigenvalue weighted by atomic mass is 35.5. The van der Waals surface area contributed by atoms with Crippen LogP contribution >= 0.6 is 11.6 Å². The van der Waals surface area contributed by atoms with Gasteiger partial charge in [-0.05, 0) is 76.6 Å². The molecule has 1 atom stereocenters. The number of ether oxygens (including phenoxy) is 1. The highest BCUT2D eigenvalue weighted by Crippen LogP contribution is 2.28. The smallest absolute Gasteiger partial charge is 0.325 e. The Morgan fingerprint density at radius 3 is 2.27 bits per heavy atom. The molecule has 0 fully saturated rings. The van der Waals surface area contributed by atoms with Gasteiger partial charge >= 0.3 is 11.9 Å². The summed E-state index contributed by atoms with van der Waals surface area (Å²) in [6.45, 7) is 7.96. The van der Waals surface area contributed by atoms with E-state index in [4.69, 9.17) is 21.4 Å². The van der Waals surface area contributed by atoms with E-state index in [-0.39, 0.29) is 26.9 Å². The van der Waals surface area contributed by atoms with Crippen molar-refractivity contribution >= 4 is 45.2 Å². The summed E-state index contributed by atoms with van der Waals surface area (Å²) in [4.78, 5) is 35.5. The van der Waals surface area contributed by atoms with E-state index in [9.17, 15) is 22.8 Å². The molecule has 11 heteroatoms. The van der Waals surface area contributed by atoms with Crippen molar-refractivity contribution in [3.63, 3.8) is 0 Å². The van der Waals surface area contributed by atoms with Crippen molar-refractivity contribution < 1.29 is 32.6 Å². The molecule has 0 aromatic heterocycles. The van der Waals surface area contributed by atoms with Crippen LogP contribution in [0, 0.1) is 12.3 Å². The standard InChI is InChI=1S/C22H25ClN2O7S/c1-12-10-15(7-9-18(12)32-21(29)22(3,4)5)33(30,31)25-17-8-6-14(23)11-16(17)19(26)24-13(2)20(27)28/h6-11,13,25H,1-5H3,(H,24,26)(H,27,28)/t13-/m0/s1. The molecule has 0 unspecified atom stereocenters. The number of anilines is 1. The summed E-state index contributed by atoms with van der Waals surface area (Å²) in [5, 5.41) is 11.4. The third-order valence-electron chi connectivity index (χ3n) is 4.46. The van der Waals surface area contributed by atoms with E-state index in [0.29, 0.717) is 5.56 Å². The number of carboxylic acid groups (broad SMARTS) is 1. The summed E-state index contributed by atoms with van der Waals surface area (Å²) >= 11 is 5.94. The number of esters is 1. The molecule has 2 aromatic rings. The lowest BCUT2D eigenvalue weighted by Crippen LogP contribution is -2.38. The van der Waals surface area contributed by atoms with Gasteiger partial charge in [0, 0.05) is 5.02 Å². The average Bonchev–Trinajstić information content (AvgIpc) is 2.69. The molecule has 9 nitrogen and oxygen atoms in total. The number of benzene rings is 2.